The van der Waals surface area contributed by atoms with Gasteiger partial charge in [-0.1, -0.05) is 0 Å². The minimum atomic E-state index is -0.321. The van der Waals surface area contributed by atoms with E-state index in [0.717, 1.165) is 0 Å². The van der Waals surface area contributed by atoms with Gasteiger partial charge in [0.1, 0.15) is 11.6 Å². The van der Waals surface area contributed by atoms with Crippen molar-refractivity contribution in [3.8, 4) is 11.6 Å². The molecule has 0 saturated heterocycles. The van der Waals surface area contributed by atoms with E-state index in [1.807, 2.05) is 0 Å². The number of halogens is 1. The van der Waals surface area contributed by atoms with Crippen molar-refractivity contribution in [3.63, 3.8) is 0 Å². The van der Waals surface area contributed by atoms with Gasteiger partial charge in [0, 0.05) is 25.9 Å². The fourth-order valence-electron chi connectivity index (χ4n) is 1.45. The molecule has 0 bridgehead atoms. The Kier molecular flexibility index (Phi) is 4.25. The molecular weight excluding hydrogens is 249 g/mol. The number of rotatable bonds is 5. The highest BCUT2D eigenvalue weighted by Gasteiger charge is 2.06. The van der Waals surface area contributed by atoms with Gasteiger partial charge in [-0.15, -0.1) is 0 Å². The van der Waals surface area contributed by atoms with Crippen molar-refractivity contribution < 1.29 is 14.2 Å². The number of hydrogen-bond donors (Lipinski definition) is 1. The topological polar surface area (TPSA) is 58.5 Å². The summed E-state index contributed by atoms with van der Waals surface area (Å²) in [7, 11) is 1.77. The van der Waals surface area contributed by atoms with Crippen LogP contribution in [0.15, 0.2) is 36.5 Å². The molecule has 2 aromatic rings. The van der Waals surface area contributed by atoms with Crippen LogP contribution >= 0.6 is 0 Å². The molecule has 1 N–H and O–H groups in total. The van der Waals surface area contributed by atoms with Crippen LogP contribution in [0.25, 0.3) is 0 Å². The number of nitrogens with zero attached hydrogens (tertiary/aromatic N) is 3. The van der Waals surface area contributed by atoms with Gasteiger partial charge in [0.15, 0.2) is 0 Å². The van der Waals surface area contributed by atoms with Gasteiger partial charge in [0.25, 0.3) is 0 Å². The van der Waals surface area contributed by atoms with Crippen LogP contribution in [-0.4, -0.2) is 35.3 Å². The van der Waals surface area contributed by atoms with Crippen LogP contribution in [0, 0.1) is 5.82 Å². The number of hydrogen-bond acceptors (Lipinski definition) is 5. The molecule has 5 nitrogen and oxygen atoms in total. The van der Waals surface area contributed by atoms with E-state index in [9.17, 15) is 4.39 Å². The maximum absolute atomic E-state index is 12.8. The van der Waals surface area contributed by atoms with Crippen molar-refractivity contribution in [3.05, 3.63) is 42.3 Å². The molecule has 0 aliphatic rings. The largest absolute Gasteiger partial charge is 0.439 e. The molecule has 6 heteroatoms. The minimum Gasteiger partial charge on any atom is -0.439 e. The quantitative estimate of drug-likeness (QED) is 0.892. The van der Waals surface area contributed by atoms with Gasteiger partial charge >= 0.3 is 0 Å². The fourth-order valence-corrected chi connectivity index (χ4v) is 1.45. The van der Waals surface area contributed by atoms with E-state index in [1.54, 1.807) is 24.2 Å². The molecule has 0 aliphatic carbocycles. The average Bonchev–Trinajstić information content (AvgIpc) is 2.42. The molecule has 100 valence electrons. The minimum absolute atomic E-state index is 0.0168. The third-order valence-corrected chi connectivity index (χ3v) is 2.43. The molecule has 1 aromatic carbocycles. The molecule has 0 fully saturated rings. The third kappa shape index (κ3) is 3.62. The van der Waals surface area contributed by atoms with Crippen molar-refractivity contribution in [1.29, 1.82) is 0 Å². The summed E-state index contributed by atoms with van der Waals surface area (Å²) in [4.78, 5) is 9.98. The van der Waals surface area contributed by atoms with Crippen LogP contribution in [0.3, 0.4) is 0 Å². The summed E-state index contributed by atoms with van der Waals surface area (Å²) in [6.07, 6.45) is 1.56. The third-order valence-electron chi connectivity index (χ3n) is 2.43. The fraction of sp³-hybridized carbons (Fsp3) is 0.231. The Morgan fingerprint density at radius 3 is 2.68 bits per heavy atom. The summed E-state index contributed by atoms with van der Waals surface area (Å²) in [5, 5.41) is 8.86. The number of aromatic nitrogens is 2. The second-order valence-corrected chi connectivity index (χ2v) is 3.90. The van der Waals surface area contributed by atoms with Gasteiger partial charge in [-0.2, -0.15) is 4.98 Å². The molecule has 0 spiro atoms. The normalized spacial score (nSPS) is 10.3. The van der Waals surface area contributed by atoms with E-state index < -0.39 is 0 Å². The molecule has 1 aromatic heterocycles. The molecule has 0 amide bonds. The molecular formula is C13H14FN3O2. The highest BCUT2D eigenvalue weighted by Crippen LogP contribution is 2.20. The van der Waals surface area contributed by atoms with Crippen LogP contribution in [0.4, 0.5) is 10.3 Å². The van der Waals surface area contributed by atoms with E-state index in [4.69, 9.17) is 9.84 Å². The monoisotopic (exact) mass is 263 g/mol. The lowest BCUT2D eigenvalue weighted by Gasteiger charge is -2.15. The summed E-state index contributed by atoms with van der Waals surface area (Å²) in [6, 6.07) is 7.29. The van der Waals surface area contributed by atoms with Crippen LogP contribution < -0.4 is 9.64 Å². The molecule has 0 aliphatic heterocycles. The lowest BCUT2D eigenvalue weighted by molar-refractivity contribution is 0.303. The first-order chi connectivity index (χ1) is 9.19. The molecule has 0 radical (unpaired) electrons. The first-order valence-electron chi connectivity index (χ1n) is 5.77. The van der Waals surface area contributed by atoms with Crippen molar-refractivity contribution in [2.75, 3.05) is 25.1 Å². The number of aliphatic hydroxyl groups is 1. The maximum Gasteiger partial charge on any atom is 0.228 e. The SMILES string of the molecule is CN(CCO)c1nccc(Oc2ccc(F)cc2)n1. The van der Waals surface area contributed by atoms with Gasteiger partial charge in [0.05, 0.1) is 6.61 Å². The van der Waals surface area contributed by atoms with Crippen molar-refractivity contribution in [2.45, 2.75) is 0 Å². The summed E-state index contributed by atoms with van der Waals surface area (Å²) in [5.41, 5.74) is 0. The zero-order valence-corrected chi connectivity index (χ0v) is 10.5. The van der Waals surface area contributed by atoms with E-state index in [1.165, 1.54) is 24.3 Å². The second kappa shape index (κ2) is 6.10. The second-order valence-electron chi connectivity index (χ2n) is 3.90. The van der Waals surface area contributed by atoms with Gasteiger partial charge in [0.2, 0.25) is 11.8 Å². The Balaban J connectivity index is 2.12. The lowest BCUT2D eigenvalue weighted by Crippen LogP contribution is -2.23. The van der Waals surface area contributed by atoms with E-state index in [2.05, 4.69) is 9.97 Å². The maximum atomic E-state index is 12.8. The zero-order chi connectivity index (χ0) is 13.7. The number of benzene rings is 1. The number of likely N-dealkylation sites (N-methyl/N-ethyl adjacent to an activating group) is 1. The summed E-state index contributed by atoms with van der Waals surface area (Å²) < 4.78 is 18.3. The van der Waals surface area contributed by atoms with Gasteiger partial charge in [-0.05, 0) is 24.3 Å². The lowest BCUT2D eigenvalue weighted by atomic mass is 10.3. The Labute approximate surface area is 110 Å². The molecule has 0 unspecified atom stereocenters. The van der Waals surface area contributed by atoms with Crippen molar-refractivity contribution in [1.82, 2.24) is 9.97 Å². The zero-order valence-electron chi connectivity index (χ0n) is 10.5. The Morgan fingerprint density at radius 1 is 1.26 bits per heavy atom. The first-order valence-corrected chi connectivity index (χ1v) is 5.77. The van der Waals surface area contributed by atoms with Gasteiger partial charge in [-0.25, -0.2) is 9.37 Å². The highest BCUT2D eigenvalue weighted by atomic mass is 19.1. The van der Waals surface area contributed by atoms with E-state index in [0.29, 0.717) is 24.1 Å². The Bertz CT molecular complexity index is 534. The summed E-state index contributed by atoms with van der Waals surface area (Å²) in [5.74, 6) is 0.990. The smallest absolute Gasteiger partial charge is 0.228 e. The number of anilines is 1. The molecule has 2 rings (SSSR count). The number of aliphatic hydroxyl groups excluding tert-OH is 1. The van der Waals surface area contributed by atoms with E-state index in [-0.39, 0.29) is 12.4 Å². The van der Waals surface area contributed by atoms with Crippen LogP contribution in [0.5, 0.6) is 11.6 Å². The predicted octanol–water partition coefficient (Wildman–Crippen LogP) is 1.84. The van der Waals surface area contributed by atoms with Crippen molar-refractivity contribution in [2.24, 2.45) is 0 Å². The molecule has 0 saturated carbocycles. The van der Waals surface area contributed by atoms with Crippen LogP contribution in [0.2, 0.25) is 0 Å². The summed E-state index contributed by atoms with van der Waals surface area (Å²) >= 11 is 0. The standard InChI is InChI=1S/C13H14FN3O2/c1-17(8-9-18)13-15-7-6-12(16-13)19-11-4-2-10(14)3-5-11/h2-7,18H,8-9H2,1H3. The molecule has 19 heavy (non-hydrogen) atoms. The average molecular weight is 263 g/mol. The van der Waals surface area contributed by atoms with Gasteiger partial charge in [-0.3, -0.25) is 0 Å². The number of ether oxygens (including phenoxy) is 1. The summed E-state index contributed by atoms with van der Waals surface area (Å²) in [6.45, 7) is 0.447. The highest BCUT2D eigenvalue weighted by molar-refractivity contribution is 5.33. The van der Waals surface area contributed by atoms with Crippen molar-refractivity contribution >= 4 is 5.95 Å². The van der Waals surface area contributed by atoms with Crippen LogP contribution in [0.1, 0.15) is 0 Å². The first kappa shape index (κ1) is 13.2. The van der Waals surface area contributed by atoms with Crippen LogP contribution in [-0.2, 0) is 0 Å². The molecule has 0 atom stereocenters. The Hall–Kier alpha value is -2.21. The van der Waals surface area contributed by atoms with Gasteiger partial charge < -0.3 is 14.7 Å². The molecule has 1 heterocycles. The predicted molar refractivity (Wildman–Crippen MR) is 68.9 cm³/mol. The Morgan fingerprint density at radius 2 is 2.00 bits per heavy atom. The van der Waals surface area contributed by atoms with E-state index >= 15 is 0 Å².